The van der Waals surface area contributed by atoms with Crippen LogP contribution in [0, 0.1) is 6.92 Å². The Hall–Kier alpha value is -3.10. The zero-order chi connectivity index (χ0) is 19.9. The van der Waals surface area contributed by atoms with Crippen molar-refractivity contribution in [2.24, 2.45) is 0 Å². The Balaban J connectivity index is 2.13. The van der Waals surface area contributed by atoms with Crippen LogP contribution in [0.25, 0.3) is 11.0 Å². The van der Waals surface area contributed by atoms with E-state index in [4.69, 9.17) is 0 Å². The maximum Gasteiger partial charge on any atom is 0.416 e. The Morgan fingerprint density at radius 2 is 1.96 bits per heavy atom. The molecule has 0 radical (unpaired) electrons. The van der Waals surface area contributed by atoms with Crippen LogP contribution in [0.5, 0.6) is 0 Å². The number of nitrogens with zero attached hydrogens (tertiary/aromatic N) is 3. The Morgan fingerprint density at radius 3 is 2.52 bits per heavy atom. The number of aryl methyl sites for hydroxylation is 1. The summed E-state index contributed by atoms with van der Waals surface area (Å²) in [7, 11) is 0. The van der Waals surface area contributed by atoms with Gasteiger partial charge in [0.15, 0.2) is 5.65 Å². The van der Waals surface area contributed by atoms with E-state index in [0.29, 0.717) is 22.7 Å². The molecule has 3 rings (SSSR count). The monoisotopic (exact) mass is 378 g/mol. The number of halogens is 3. The molecule has 0 aliphatic heterocycles. The normalized spacial score (nSPS) is 13.1. The predicted molar refractivity (Wildman–Crippen MR) is 93.6 cm³/mol. The second-order valence-corrected chi connectivity index (χ2v) is 6.28. The van der Waals surface area contributed by atoms with Gasteiger partial charge in [-0.2, -0.15) is 18.3 Å². The second kappa shape index (κ2) is 6.57. The fourth-order valence-electron chi connectivity index (χ4n) is 2.90. The van der Waals surface area contributed by atoms with Gasteiger partial charge in [0.1, 0.15) is 11.2 Å². The molecule has 2 N–H and O–H groups in total. The molecule has 1 aromatic carbocycles. The molecule has 0 saturated carbocycles. The van der Waals surface area contributed by atoms with Gasteiger partial charge >= 0.3 is 6.18 Å². The van der Waals surface area contributed by atoms with Crippen LogP contribution >= 0.6 is 0 Å². The Labute approximate surface area is 152 Å². The zero-order valence-electron chi connectivity index (χ0n) is 14.6. The van der Waals surface area contributed by atoms with Crippen LogP contribution in [0.3, 0.4) is 0 Å². The summed E-state index contributed by atoms with van der Waals surface area (Å²) in [6, 6.07) is 4.25. The number of rotatable bonds is 4. The molecule has 0 aliphatic rings. The van der Waals surface area contributed by atoms with Crippen molar-refractivity contribution in [1.29, 1.82) is 0 Å². The van der Waals surface area contributed by atoms with Gasteiger partial charge in [-0.3, -0.25) is 4.79 Å². The predicted octanol–water partition coefficient (Wildman–Crippen LogP) is 3.67. The van der Waals surface area contributed by atoms with Crippen molar-refractivity contribution in [1.82, 2.24) is 19.7 Å². The summed E-state index contributed by atoms with van der Waals surface area (Å²) in [5.74, 6) is 0.214. The molecule has 2 aromatic heterocycles. The summed E-state index contributed by atoms with van der Waals surface area (Å²) in [6.45, 7) is 6.77. The maximum atomic E-state index is 12.8. The Bertz CT molecular complexity index is 1070. The first kappa shape index (κ1) is 18.7. The smallest absolute Gasteiger partial charge is 0.416 e. The third-order valence-corrected chi connectivity index (χ3v) is 4.21. The highest BCUT2D eigenvalue weighted by Crippen LogP contribution is 2.31. The van der Waals surface area contributed by atoms with Crippen molar-refractivity contribution < 1.29 is 18.3 Å². The Morgan fingerprint density at radius 1 is 1.33 bits per heavy atom. The lowest BCUT2D eigenvalue weighted by atomic mass is 10.1. The van der Waals surface area contributed by atoms with Crippen molar-refractivity contribution in [2.75, 3.05) is 0 Å². The van der Waals surface area contributed by atoms with E-state index in [2.05, 4.69) is 21.6 Å². The molecule has 0 unspecified atom stereocenters. The Kier molecular flexibility index (Phi) is 4.54. The molecule has 0 fully saturated rings. The largest absolute Gasteiger partial charge is 0.513 e. The van der Waals surface area contributed by atoms with E-state index in [0.717, 1.165) is 12.1 Å². The van der Waals surface area contributed by atoms with E-state index in [1.54, 1.807) is 13.8 Å². The van der Waals surface area contributed by atoms with Gasteiger partial charge in [0.05, 0.1) is 23.1 Å². The van der Waals surface area contributed by atoms with Gasteiger partial charge in [-0.15, -0.1) is 0 Å². The minimum absolute atomic E-state index is 0.0307. The summed E-state index contributed by atoms with van der Waals surface area (Å²) >= 11 is 0. The van der Waals surface area contributed by atoms with Crippen LogP contribution in [0.4, 0.5) is 13.2 Å². The highest BCUT2D eigenvalue weighted by Gasteiger charge is 2.30. The van der Waals surface area contributed by atoms with Gasteiger partial charge in [-0.1, -0.05) is 18.7 Å². The molecule has 2 heterocycles. The number of aromatic amines is 1. The van der Waals surface area contributed by atoms with E-state index in [1.165, 1.54) is 16.8 Å². The van der Waals surface area contributed by atoms with E-state index in [1.807, 2.05) is 0 Å². The molecule has 1 atom stereocenters. The van der Waals surface area contributed by atoms with E-state index < -0.39 is 23.3 Å². The van der Waals surface area contributed by atoms with Gasteiger partial charge in [-0.25, -0.2) is 9.67 Å². The summed E-state index contributed by atoms with van der Waals surface area (Å²) in [5.41, 5.74) is 0.0116. The average molecular weight is 378 g/mol. The number of nitrogens with one attached hydrogen (secondary N) is 1. The minimum atomic E-state index is -4.42. The highest BCUT2D eigenvalue weighted by atomic mass is 19.4. The van der Waals surface area contributed by atoms with Crippen molar-refractivity contribution in [2.45, 2.75) is 32.5 Å². The summed E-state index contributed by atoms with van der Waals surface area (Å²) < 4.78 is 39.8. The first-order valence-electron chi connectivity index (χ1n) is 8.10. The standard InChI is InChI=1S/C18H17F3N4O2/c1-9(26)8-14-15-16(22-11(3)23-17(15)27)25(24-14)10(2)12-4-6-13(7-5-12)18(19,20)21/h4-7,10,26H,1,8H2,2-3H3,(H,22,23,27)/t10-/m1/s1. The lowest BCUT2D eigenvalue weighted by Crippen LogP contribution is -2.13. The van der Waals surface area contributed by atoms with Crippen LogP contribution in [-0.2, 0) is 12.6 Å². The SMILES string of the molecule is C=C(O)Cc1nn([C@H](C)c2ccc(C(F)(F)F)cc2)c2nc(C)[nH]c(=O)c12. The lowest BCUT2D eigenvalue weighted by Gasteiger charge is -2.15. The molecular formula is C18H17F3N4O2. The molecule has 3 aromatic rings. The summed E-state index contributed by atoms with van der Waals surface area (Å²) in [6.07, 6.45) is -4.45. The van der Waals surface area contributed by atoms with E-state index in [9.17, 15) is 23.1 Å². The average Bonchev–Trinajstić information content (AvgIpc) is 2.91. The number of aliphatic hydroxyl groups excluding tert-OH is 1. The topological polar surface area (TPSA) is 83.8 Å². The van der Waals surface area contributed by atoms with Crippen LogP contribution in [0.15, 0.2) is 41.4 Å². The molecule has 0 aliphatic carbocycles. The molecule has 0 saturated heterocycles. The number of benzene rings is 1. The lowest BCUT2D eigenvalue weighted by molar-refractivity contribution is -0.137. The van der Waals surface area contributed by atoms with Crippen LogP contribution in [0.2, 0.25) is 0 Å². The van der Waals surface area contributed by atoms with Crippen LogP contribution < -0.4 is 5.56 Å². The quantitative estimate of drug-likeness (QED) is 0.679. The fourth-order valence-corrected chi connectivity index (χ4v) is 2.90. The first-order chi connectivity index (χ1) is 12.6. The second-order valence-electron chi connectivity index (χ2n) is 6.28. The summed E-state index contributed by atoms with van der Waals surface area (Å²) in [4.78, 5) is 19.3. The van der Waals surface area contributed by atoms with Gasteiger partial charge < -0.3 is 10.1 Å². The third kappa shape index (κ3) is 3.57. The minimum Gasteiger partial charge on any atom is -0.513 e. The molecule has 9 heteroatoms. The fraction of sp³-hybridized carbons (Fsp3) is 0.278. The van der Waals surface area contributed by atoms with Gasteiger partial charge in [0.2, 0.25) is 0 Å². The number of aliphatic hydroxyl groups is 1. The number of allylic oxidation sites excluding steroid dienone is 1. The van der Waals surface area contributed by atoms with Gasteiger partial charge in [0.25, 0.3) is 5.56 Å². The van der Waals surface area contributed by atoms with Crippen LogP contribution in [-0.4, -0.2) is 24.9 Å². The molecule has 0 bridgehead atoms. The van der Waals surface area contributed by atoms with E-state index in [-0.39, 0.29) is 17.6 Å². The van der Waals surface area contributed by atoms with Gasteiger partial charge in [-0.05, 0) is 31.5 Å². The number of fused-ring (bicyclic) bond motifs is 1. The molecule has 27 heavy (non-hydrogen) atoms. The molecule has 0 spiro atoms. The van der Waals surface area contributed by atoms with Crippen LogP contribution in [0.1, 0.15) is 35.6 Å². The van der Waals surface area contributed by atoms with Crippen molar-refractivity contribution in [3.8, 4) is 0 Å². The van der Waals surface area contributed by atoms with E-state index >= 15 is 0 Å². The van der Waals surface area contributed by atoms with Gasteiger partial charge in [0, 0.05) is 6.42 Å². The molecule has 6 nitrogen and oxygen atoms in total. The first-order valence-corrected chi connectivity index (χ1v) is 8.10. The third-order valence-electron chi connectivity index (χ3n) is 4.21. The molecule has 142 valence electrons. The number of alkyl halides is 3. The highest BCUT2D eigenvalue weighted by molar-refractivity contribution is 5.77. The molecular weight excluding hydrogens is 361 g/mol. The number of hydrogen-bond acceptors (Lipinski definition) is 4. The number of H-pyrrole nitrogens is 1. The number of hydrogen-bond donors (Lipinski definition) is 2. The number of aromatic nitrogens is 4. The zero-order valence-corrected chi connectivity index (χ0v) is 14.6. The van der Waals surface area contributed by atoms with Crippen molar-refractivity contribution in [3.63, 3.8) is 0 Å². The van der Waals surface area contributed by atoms with Crippen molar-refractivity contribution >= 4 is 11.0 Å². The summed E-state index contributed by atoms with van der Waals surface area (Å²) in [5, 5.41) is 14.1. The van der Waals surface area contributed by atoms with Crippen molar-refractivity contribution in [3.05, 3.63) is 69.6 Å². The molecule has 0 amide bonds. The maximum absolute atomic E-state index is 12.8.